The molecule has 0 aromatic heterocycles. The van der Waals surface area contributed by atoms with Crippen molar-refractivity contribution in [3.05, 3.63) is 35.4 Å². The van der Waals surface area contributed by atoms with Gasteiger partial charge in [-0.1, -0.05) is 12.1 Å². The molecule has 0 heterocycles. The molecule has 1 atom stereocenters. The summed E-state index contributed by atoms with van der Waals surface area (Å²) in [5.41, 5.74) is 1.05. The lowest BCUT2D eigenvalue weighted by atomic mass is 9.95. The minimum atomic E-state index is -0.980. The van der Waals surface area contributed by atoms with Gasteiger partial charge in [0.25, 0.3) is 0 Å². The first kappa shape index (κ1) is 14.6. The molecule has 0 spiro atoms. The van der Waals surface area contributed by atoms with E-state index in [9.17, 15) is 9.59 Å². The molecule has 1 aromatic rings. The van der Waals surface area contributed by atoms with Gasteiger partial charge in [0.1, 0.15) is 0 Å². The maximum absolute atomic E-state index is 11.1. The number of thiol groups is 1. The number of carboxylic acid groups (broad SMARTS) is 2. The molecule has 0 aliphatic rings. The Morgan fingerprint density at radius 2 is 1.78 bits per heavy atom. The van der Waals surface area contributed by atoms with Crippen LogP contribution in [0.15, 0.2) is 24.3 Å². The molecule has 0 aliphatic carbocycles. The molecular formula is C13H16O4S. The quantitative estimate of drug-likeness (QED) is 0.663. The van der Waals surface area contributed by atoms with Crippen molar-refractivity contribution in [2.45, 2.75) is 19.3 Å². The average Bonchev–Trinajstić information content (AvgIpc) is 2.34. The Hall–Kier alpha value is -1.49. The molecule has 18 heavy (non-hydrogen) atoms. The number of aliphatic carboxylic acids is 1. The fraction of sp³-hybridized carbons (Fsp3) is 0.385. The maximum Gasteiger partial charge on any atom is 0.335 e. The first-order valence-electron chi connectivity index (χ1n) is 5.70. The second-order valence-corrected chi connectivity index (χ2v) is 4.55. The standard InChI is InChI=1S/C13H16O4S/c14-12(15)10-5-3-9(4-6-10)8-11(13(16)17)2-1-7-18/h3-6,11,18H,1-2,7-8H2,(H,14,15)(H,16,17)/t11-/m1/s1. The minimum absolute atomic E-state index is 0.209. The van der Waals surface area contributed by atoms with Gasteiger partial charge in [0, 0.05) is 0 Å². The Morgan fingerprint density at radius 3 is 2.22 bits per heavy atom. The van der Waals surface area contributed by atoms with Crippen LogP contribution in [0.3, 0.4) is 0 Å². The van der Waals surface area contributed by atoms with Crippen LogP contribution in [0.4, 0.5) is 0 Å². The van der Waals surface area contributed by atoms with E-state index in [2.05, 4.69) is 12.6 Å². The van der Waals surface area contributed by atoms with Crippen LogP contribution in [0.5, 0.6) is 0 Å². The smallest absolute Gasteiger partial charge is 0.335 e. The number of hydrogen-bond acceptors (Lipinski definition) is 3. The van der Waals surface area contributed by atoms with Crippen molar-refractivity contribution in [1.29, 1.82) is 0 Å². The predicted molar refractivity (Wildman–Crippen MR) is 71.3 cm³/mol. The SMILES string of the molecule is O=C(O)c1ccc(C[C@@H](CCCS)C(=O)O)cc1. The third kappa shape index (κ3) is 4.41. The second-order valence-electron chi connectivity index (χ2n) is 4.11. The van der Waals surface area contributed by atoms with E-state index in [1.54, 1.807) is 12.1 Å². The Labute approximate surface area is 111 Å². The van der Waals surface area contributed by atoms with E-state index in [1.807, 2.05) is 0 Å². The number of carbonyl (C=O) groups is 2. The van der Waals surface area contributed by atoms with Crippen molar-refractivity contribution >= 4 is 24.6 Å². The molecule has 0 fully saturated rings. The molecule has 0 saturated heterocycles. The van der Waals surface area contributed by atoms with Gasteiger partial charge in [-0.05, 0) is 42.7 Å². The summed E-state index contributed by atoms with van der Waals surface area (Å²) in [6.45, 7) is 0. The van der Waals surface area contributed by atoms with E-state index in [4.69, 9.17) is 10.2 Å². The lowest BCUT2D eigenvalue weighted by molar-refractivity contribution is -0.141. The van der Waals surface area contributed by atoms with E-state index >= 15 is 0 Å². The highest BCUT2D eigenvalue weighted by atomic mass is 32.1. The van der Waals surface area contributed by atoms with Crippen molar-refractivity contribution in [2.75, 3.05) is 5.75 Å². The average molecular weight is 268 g/mol. The molecule has 98 valence electrons. The summed E-state index contributed by atoms with van der Waals surface area (Å²) in [6, 6.07) is 6.32. The van der Waals surface area contributed by atoms with Gasteiger partial charge in [0.2, 0.25) is 0 Å². The van der Waals surface area contributed by atoms with Gasteiger partial charge < -0.3 is 10.2 Å². The van der Waals surface area contributed by atoms with Gasteiger partial charge >= 0.3 is 11.9 Å². The van der Waals surface area contributed by atoms with Crippen LogP contribution >= 0.6 is 12.6 Å². The van der Waals surface area contributed by atoms with Gasteiger partial charge in [-0.15, -0.1) is 0 Å². The Bertz CT molecular complexity index is 414. The van der Waals surface area contributed by atoms with E-state index in [1.165, 1.54) is 12.1 Å². The molecule has 0 radical (unpaired) electrons. The summed E-state index contributed by atoms with van der Waals surface area (Å²) >= 11 is 4.07. The summed E-state index contributed by atoms with van der Waals surface area (Å²) in [6.07, 6.45) is 1.76. The minimum Gasteiger partial charge on any atom is -0.481 e. The van der Waals surface area contributed by atoms with Gasteiger partial charge in [0.15, 0.2) is 0 Å². The molecule has 1 rings (SSSR count). The van der Waals surface area contributed by atoms with Crippen LogP contribution in [0.25, 0.3) is 0 Å². The highest BCUT2D eigenvalue weighted by Crippen LogP contribution is 2.16. The second kappa shape index (κ2) is 7.06. The van der Waals surface area contributed by atoms with Crippen molar-refractivity contribution in [1.82, 2.24) is 0 Å². The molecule has 0 amide bonds. The predicted octanol–water partition coefficient (Wildman–Crippen LogP) is 2.34. The number of aromatic carboxylic acids is 1. The first-order chi connectivity index (χ1) is 8.54. The van der Waals surface area contributed by atoms with E-state index in [0.717, 1.165) is 12.0 Å². The van der Waals surface area contributed by atoms with Gasteiger partial charge in [-0.2, -0.15) is 12.6 Å². The summed E-state index contributed by atoms with van der Waals surface area (Å²) in [4.78, 5) is 21.7. The van der Waals surface area contributed by atoms with E-state index in [-0.39, 0.29) is 5.56 Å². The summed E-state index contributed by atoms with van der Waals surface area (Å²) in [7, 11) is 0. The molecule has 0 aliphatic heterocycles. The lowest BCUT2D eigenvalue weighted by Crippen LogP contribution is -2.16. The lowest BCUT2D eigenvalue weighted by Gasteiger charge is -2.11. The summed E-state index contributed by atoms with van der Waals surface area (Å²) in [5.74, 6) is -1.57. The molecule has 0 unspecified atom stereocenters. The maximum atomic E-state index is 11.1. The fourth-order valence-electron chi connectivity index (χ4n) is 1.72. The Balaban J connectivity index is 2.68. The largest absolute Gasteiger partial charge is 0.481 e. The third-order valence-corrected chi connectivity index (χ3v) is 3.06. The molecule has 1 aromatic carbocycles. The van der Waals surface area contributed by atoms with Crippen LogP contribution in [0.2, 0.25) is 0 Å². The molecule has 5 heteroatoms. The third-order valence-electron chi connectivity index (χ3n) is 2.74. The van der Waals surface area contributed by atoms with Crippen LogP contribution < -0.4 is 0 Å². The van der Waals surface area contributed by atoms with Crippen LogP contribution in [-0.4, -0.2) is 27.9 Å². The monoisotopic (exact) mass is 268 g/mol. The number of hydrogen-bond donors (Lipinski definition) is 3. The van der Waals surface area contributed by atoms with Gasteiger partial charge in [-0.3, -0.25) is 4.79 Å². The highest BCUT2D eigenvalue weighted by molar-refractivity contribution is 7.80. The normalized spacial score (nSPS) is 12.1. The van der Waals surface area contributed by atoms with Gasteiger partial charge in [0.05, 0.1) is 11.5 Å². The van der Waals surface area contributed by atoms with Crippen molar-refractivity contribution < 1.29 is 19.8 Å². The topological polar surface area (TPSA) is 74.6 Å². The van der Waals surface area contributed by atoms with E-state index < -0.39 is 17.9 Å². The summed E-state index contributed by atoms with van der Waals surface area (Å²) in [5, 5.41) is 17.8. The molecular weight excluding hydrogens is 252 g/mol. The fourth-order valence-corrected chi connectivity index (χ4v) is 1.90. The molecule has 0 saturated carbocycles. The number of benzene rings is 1. The highest BCUT2D eigenvalue weighted by Gasteiger charge is 2.17. The Kier molecular flexibility index (Phi) is 5.71. The zero-order valence-electron chi connectivity index (χ0n) is 9.87. The zero-order chi connectivity index (χ0) is 13.5. The van der Waals surface area contributed by atoms with Crippen LogP contribution in [-0.2, 0) is 11.2 Å². The van der Waals surface area contributed by atoms with Crippen molar-refractivity contribution in [2.24, 2.45) is 5.92 Å². The van der Waals surface area contributed by atoms with Crippen molar-refractivity contribution in [3.63, 3.8) is 0 Å². The first-order valence-corrected chi connectivity index (χ1v) is 6.33. The van der Waals surface area contributed by atoms with Gasteiger partial charge in [-0.25, -0.2) is 4.79 Å². The molecule has 4 nitrogen and oxygen atoms in total. The number of carboxylic acids is 2. The van der Waals surface area contributed by atoms with Crippen LogP contribution in [0, 0.1) is 5.92 Å². The number of rotatable bonds is 7. The zero-order valence-corrected chi connectivity index (χ0v) is 10.8. The molecule has 2 N–H and O–H groups in total. The Morgan fingerprint density at radius 1 is 1.17 bits per heavy atom. The van der Waals surface area contributed by atoms with Crippen LogP contribution in [0.1, 0.15) is 28.8 Å². The summed E-state index contributed by atoms with van der Waals surface area (Å²) < 4.78 is 0. The van der Waals surface area contributed by atoms with Crippen molar-refractivity contribution in [3.8, 4) is 0 Å². The van der Waals surface area contributed by atoms with E-state index in [0.29, 0.717) is 18.6 Å². The molecule has 0 bridgehead atoms.